The molecule has 2 aromatic carbocycles. The van der Waals surface area contributed by atoms with Gasteiger partial charge in [0, 0.05) is 18.2 Å². The highest BCUT2D eigenvalue weighted by molar-refractivity contribution is 7.92. The monoisotopic (exact) mass is 388 g/mol. The van der Waals surface area contributed by atoms with Crippen LogP contribution in [0.15, 0.2) is 42.5 Å². The lowest BCUT2D eigenvalue weighted by Gasteiger charge is -2.18. The molecule has 4 rings (SSSR count). The zero-order valence-corrected chi connectivity index (χ0v) is 15.6. The van der Waals surface area contributed by atoms with Gasteiger partial charge in [0.1, 0.15) is 5.82 Å². The molecule has 1 aliphatic heterocycles. The Morgan fingerprint density at radius 1 is 1.19 bits per heavy atom. The summed E-state index contributed by atoms with van der Waals surface area (Å²) in [6.45, 7) is 0.647. The number of fused-ring (bicyclic) bond motifs is 1. The summed E-state index contributed by atoms with van der Waals surface area (Å²) in [7, 11) is -3.63. The highest BCUT2D eigenvalue weighted by Gasteiger charge is 2.36. The van der Waals surface area contributed by atoms with Crippen LogP contribution in [0.2, 0.25) is 0 Å². The Hall–Kier alpha value is -2.41. The number of anilines is 2. The van der Waals surface area contributed by atoms with Crippen LogP contribution >= 0.6 is 0 Å². The number of nitrogens with one attached hydrogen (secondary N) is 1. The van der Waals surface area contributed by atoms with Crippen LogP contribution in [0.1, 0.15) is 24.0 Å². The fourth-order valence-electron chi connectivity index (χ4n) is 3.40. The molecule has 1 aliphatic carbocycles. The number of hydrogen-bond donors (Lipinski definition) is 1. The standard InChI is InChI=1S/C20H21FN2O3S/c21-18-4-2-1-3-14(18)10-12-27(25,26)22-17-8-7-15-9-11-23(19(15)13-17)20(24)16-5-6-16/h1-4,7-8,13,16,22H,5-6,9-12H2. The molecular weight excluding hydrogens is 367 g/mol. The van der Waals surface area contributed by atoms with Gasteiger partial charge in [0.25, 0.3) is 0 Å². The Kier molecular flexibility index (Phi) is 4.63. The predicted molar refractivity (Wildman–Crippen MR) is 103 cm³/mol. The molecule has 1 N–H and O–H groups in total. The van der Waals surface area contributed by atoms with E-state index in [1.54, 1.807) is 35.2 Å². The van der Waals surface area contributed by atoms with Gasteiger partial charge in [-0.05, 0) is 55.0 Å². The second-order valence-electron chi connectivity index (χ2n) is 7.12. The molecule has 142 valence electrons. The molecule has 7 heteroatoms. The maximum atomic E-state index is 13.7. The van der Waals surface area contributed by atoms with Crippen molar-refractivity contribution in [2.24, 2.45) is 5.92 Å². The van der Waals surface area contributed by atoms with Gasteiger partial charge in [0.2, 0.25) is 15.9 Å². The number of hydrogen-bond acceptors (Lipinski definition) is 3. The van der Waals surface area contributed by atoms with E-state index in [0.717, 1.165) is 30.5 Å². The third-order valence-electron chi connectivity index (χ3n) is 5.04. The van der Waals surface area contributed by atoms with Gasteiger partial charge in [-0.25, -0.2) is 12.8 Å². The van der Waals surface area contributed by atoms with E-state index in [-0.39, 0.29) is 24.0 Å². The van der Waals surface area contributed by atoms with Gasteiger partial charge >= 0.3 is 0 Å². The summed E-state index contributed by atoms with van der Waals surface area (Å²) in [6.07, 6.45) is 2.76. The van der Waals surface area contributed by atoms with Crippen LogP contribution in [0.25, 0.3) is 0 Å². The Labute approximate surface area is 158 Å². The molecule has 27 heavy (non-hydrogen) atoms. The molecule has 1 amide bonds. The minimum absolute atomic E-state index is 0.0965. The first kappa shape index (κ1) is 18.0. The maximum Gasteiger partial charge on any atom is 0.233 e. The van der Waals surface area contributed by atoms with Crippen LogP contribution in [0.5, 0.6) is 0 Å². The number of benzene rings is 2. The van der Waals surface area contributed by atoms with E-state index >= 15 is 0 Å². The van der Waals surface area contributed by atoms with Crippen LogP contribution in [0, 0.1) is 11.7 Å². The molecule has 1 saturated carbocycles. The highest BCUT2D eigenvalue weighted by atomic mass is 32.2. The normalized spacial score (nSPS) is 16.3. The highest BCUT2D eigenvalue weighted by Crippen LogP contribution is 2.37. The van der Waals surface area contributed by atoms with E-state index < -0.39 is 15.8 Å². The van der Waals surface area contributed by atoms with Gasteiger partial charge in [-0.2, -0.15) is 0 Å². The average molecular weight is 388 g/mol. The van der Waals surface area contributed by atoms with Crippen molar-refractivity contribution in [2.45, 2.75) is 25.7 Å². The summed E-state index contributed by atoms with van der Waals surface area (Å²) in [4.78, 5) is 14.2. The number of carbonyl (C=O) groups is 1. The molecule has 5 nitrogen and oxygen atoms in total. The predicted octanol–water partition coefficient (Wildman–Crippen LogP) is 3.11. The van der Waals surface area contributed by atoms with Crippen LogP contribution < -0.4 is 9.62 Å². The zero-order chi connectivity index (χ0) is 19.0. The average Bonchev–Trinajstić information content (AvgIpc) is 3.40. The van der Waals surface area contributed by atoms with E-state index in [2.05, 4.69) is 4.72 Å². The Morgan fingerprint density at radius 3 is 2.70 bits per heavy atom. The van der Waals surface area contributed by atoms with Gasteiger partial charge < -0.3 is 4.90 Å². The topological polar surface area (TPSA) is 66.5 Å². The summed E-state index contributed by atoms with van der Waals surface area (Å²) in [5.41, 5.74) is 2.65. The molecule has 0 aromatic heterocycles. The molecule has 1 fully saturated rings. The fourth-order valence-corrected chi connectivity index (χ4v) is 4.48. The minimum atomic E-state index is -3.63. The summed E-state index contributed by atoms with van der Waals surface area (Å²) >= 11 is 0. The number of nitrogens with zero attached hydrogens (tertiary/aromatic N) is 1. The quantitative estimate of drug-likeness (QED) is 0.827. The smallest absolute Gasteiger partial charge is 0.233 e. The first-order valence-electron chi connectivity index (χ1n) is 9.11. The van der Waals surface area contributed by atoms with Crippen molar-refractivity contribution in [1.82, 2.24) is 0 Å². The SMILES string of the molecule is O=C(C1CC1)N1CCc2ccc(NS(=O)(=O)CCc3ccccc3F)cc21. The lowest BCUT2D eigenvalue weighted by molar-refractivity contribution is -0.119. The van der Waals surface area contributed by atoms with Crippen molar-refractivity contribution in [3.63, 3.8) is 0 Å². The van der Waals surface area contributed by atoms with E-state index in [9.17, 15) is 17.6 Å². The molecular formula is C20H21FN2O3S. The van der Waals surface area contributed by atoms with E-state index in [4.69, 9.17) is 0 Å². The van der Waals surface area contributed by atoms with Crippen LogP contribution in [-0.2, 0) is 27.7 Å². The molecule has 0 saturated heterocycles. The van der Waals surface area contributed by atoms with Crippen molar-refractivity contribution < 1.29 is 17.6 Å². The van der Waals surface area contributed by atoms with Gasteiger partial charge in [-0.1, -0.05) is 24.3 Å². The minimum Gasteiger partial charge on any atom is -0.312 e. The van der Waals surface area contributed by atoms with Gasteiger partial charge in [0.15, 0.2) is 0 Å². The first-order valence-corrected chi connectivity index (χ1v) is 10.8. The molecule has 0 unspecified atom stereocenters. The summed E-state index contributed by atoms with van der Waals surface area (Å²) in [6, 6.07) is 11.5. The van der Waals surface area contributed by atoms with Crippen molar-refractivity contribution in [3.8, 4) is 0 Å². The third kappa shape index (κ3) is 3.98. The Morgan fingerprint density at radius 2 is 1.96 bits per heavy atom. The molecule has 2 aromatic rings. The number of halogens is 1. The lowest BCUT2D eigenvalue weighted by atomic mass is 10.1. The number of sulfonamides is 1. The first-order chi connectivity index (χ1) is 12.9. The lowest BCUT2D eigenvalue weighted by Crippen LogP contribution is -2.30. The second kappa shape index (κ2) is 6.96. The molecule has 0 radical (unpaired) electrons. The number of amides is 1. The summed E-state index contributed by atoms with van der Waals surface area (Å²) in [5.74, 6) is -0.361. The third-order valence-corrected chi connectivity index (χ3v) is 6.33. The summed E-state index contributed by atoms with van der Waals surface area (Å²) < 4.78 is 41.0. The van der Waals surface area contributed by atoms with Crippen molar-refractivity contribution >= 4 is 27.3 Å². The number of carbonyl (C=O) groups excluding carboxylic acids is 1. The van der Waals surface area contributed by atoms with Gasteiger partial charge in [-0.3, -0.25) is 9.52 Å². The van der Waals surface area contributed by atoms with Gasteiger partial charge in [0.05, 0.1) is 11.4 Å². The Bertz CT molecular complexity index is 986. The van der Waals surface area contributed by atoms with E-state index in [1.807, 2.05) is 6.07 Å². The van der Waals surface area contributed by atoms with Crippen LogP contribution in [0.3, 0.4) is 0 Å². The van der Waals surface area contributed by atoms with Crippen LogP contribution in [0.4, 0.5) is 15.8 Å². The molecule has 2 aliphatic rings. The summed E-state index contributed by atoms with van der Waals surface area (Å²) in [5, 5.41) is 0. The zero-order valence-electron chi connectivity index (χ0n) is 14.8. The second-order valence-corrected chi connectivity index (χ2v) is 8.96. The van der Waals surface area contributed by atoms with Crippen molar-refractivity contribution in [1.29, 1.82) is 0 Å². The number of aryl methyl sites for hydroxylation is 1. The van der Waals surface area contributed by atoms with Gasteiger partial charge in [-0.15, -0.1) is 0 Å². The van der Waals surface area contributed by atoms with E-state index in [0.29, 0.717) is 17.8 Å². The van der Waals surface area contributed by atoms with Crippen molar-refractivity contribution in [3.05, 3.63) is 59.4 Å². The maximum absolute atomic E-state index is 13.7. The molecule has 0 atom stereocenters. The molecule has 0 spiro atoms. The largest absolute Gasteiger partial charge is 0.312 e. The number of rotatable bonds is 6. The van der Waals surface area contributed by atoms with Crippen LogP contribution in [-0.4, -0.2) is 26.6 Å². The van der Waals surface area contributed by atoms with Crippen molar-refractivity contribution in [2.75, 3.05) is 21.9 Å². The van der Waals surface area contributed by atoms with E-state index in [1.165, 1.54) is 6.07 Å². The molecule has 0 bridgehead atoms. The fraction of sp³-hybridized carbons (Fsp3) is 0.350. The molecule has 1 heterocycles. The Balaban J connectivity index is 1.47.